The third kappa shape index (κ3) is 2.56. The maximum Gasteiger partial charge on any atom is 0.247 e. The van der Waals surface area contributed by atoms with Crippen LogP contribution in [-0.2, 0) is 0 Å². The lowest BCUT2D eigenvalue weighted by Gasteiger charge is -2.13. The van der Waals surface area contributed by atoms with Gasteiger partial charge in [-0.1, -0.05) is 12.2 Å². The monoisotopic (exact) mass is 289 g/mol. The molecule has 2 aromatic heterocycles. The number of aliphatic hydroxyl groups is 1. The van der Waals surface area contributed by atoms with Crippen molar-refractivity contribution in [2.24, 2.45) is 5.92 Å². The molecule has 0 bridgehead atoms. The van der Waals surface area contributed by atoms with Crippen molar-refractivity contribution in [1.82, 2.24) is 19.5 Å². The number of aromatic nitrogens is 4. The van der Waals surface area contributed by atoms with E-state index in [1.165, 1.54) is 0 Å². The highest BCUT2D eigenvalue weighted by molar-refractivity contribution is 5.77. The van der Waals surface area contributed by atoms with Crippen LogP contribution in [-0.4, -0.2) is 37.3 Å². The molecule has 2 aromatic rings. The summed E-state index contributed by atoms with van der Waals surface area (Å²) in [5.74, 6) is 0.755. The topological polar surface area (TPSA) is 99.1 Å². The van der Waals surface area contributed by atoms with Gasteiger partial charge >= 0.3 is 0 Å². The minimum atomic E-state index is -0.0159. The molecule has 0 spiro atoms. The highest BCUT2D eigenvalue weighted by atomic mass is 16.5. The molecule has 0 fully saturated rings. The Morgan fingerprint density at radius 3 is 2.90 bits per heavy atom. The summed E-state index contributed by atoms with van der Waals surface area (Å²) in [5, 5.41) is 9.24. The summed E-state index contributed by atoms with van der Waals surface area (Å²) in [5.41, 5.74) is 7.05. The van der Waals surface area contributed by atoms with Gasteiger partial charge in [-0.3, -0.25) is 0 Å². The predicted molar refractivity (Wildman–Crippen MR) is 78.9 cm³/mol. The average Bonchev–Trinajstić information content (AvgIpc) is 3.03. The first kappa shape index (κ1) is 13.8. The van der Waals surface area contributed by atoms with E-state index in [2.05, 4.69) is 21.0 Å². The molecule has 0 amide bonds. The third-order valence-electron chi connectivity index (χ3n) is 3.50. The number of aliphatic hydroxyl groups excluding tert-OH is 1. The molecule has 1 aliphatic rings. The quantitative estimate of drug-likeness (QED) is 0.823. The number of imidazole rings is 1. The van der Waals surface area contributed by atoms with Crippen LogP contribution < -0.4 is 10.5 Å². The number of anilines is 1. The fourth-order valence-corrected chi connectivity index (χ4v) is 2.55. The lowest BCUT2D eigenvalue weighted by Crippen LogP contribution is -2.11. The molecule has 3 rings (SSSR count). The lowest BCUT2D eigenvalue weighted by atomic mass is 10.1. The number of hydrogen-bond donors (Lipinski definition) is 2. The number of rotatable bonds is 4. The molecule has 0 aliphatic heterocycles. The van der Waals surface area contributed by atoms with Gasteiger partial charge in [-0.15, -0.1) is 0 Å². The zero-order valence-electron chi connectivity index (χ0n) is 12.1. The van der Waals surface area contributed by atoms with Crippen LogP contribution >= 0.6 is 0 Å². The molecule has 0 unspecified atom stereocenters. The maximum atomic E-state index is 9.24. The smallest absolute Gasteiger partial charge is 0.247 e. The predicted octanol–water partition coefficient (Wildman–Crippen LogP) is 1.31. The van der Waals surface area contributed by atoms with E-state index < -0.39 is 0 Å². The fraction of sp³-hybridized carbons (Fsp3) is 0.500. The summed E-state index contributed by atoms with van der Waals surface area (Å²) >= 11 is 0. The van der Waals surface area contributed by atoms with Gasteiger partial charge in [-0.25, -0.2) is 4.98 Å². The van der Waals surface area contributed by atoms with Gasteiger partial charge < -0.3 is 20.1 Å². The zero-order valence-corrected chi connectivity index (χ0v) is 12.1. The van der Waals surface area contributed by atoms with Crippen LogP contribution in [0.2, 0.25) is 0 Å². The Kier molecular flexibility index (Phi) is 3.50. The second kappa shape index (κ2) is 5.33. The number of nitrogens with two attached hydrogens (primary N) is 1. The first-order valence-electron chi connectivity index (χ1n) is 7.04. The molecule has 7 heteroatoms. The number of ether oxygens (including phenoxy) is 1. The number of nitrogen functional groups attached to an aromatic ring is 1. The Labute approximate surface area is 122 Å². The summed E-state index contributed by atoms with van der Waals surface area (Å²) in [6.07, 6.45) is 6.61. The molecule has 0 aromatic carbocycles. The van der Waals surface area contributed by atoms with E-state index in [9.17, 15) is 5.11 Å². The van der Waals surface area contributed by atoms with Gasteiger partial charge in [0.25, 0.3) is 0 Å². The van der Waals surface area contributed by atoms with Gasteiger partial charge in [0, 0.05) is 12.5 Å². The molecule has 1 aliphatic carbocycles. The second-order valence-corrected chi connectivity index (χ2v) is 5.51. The largest absolute Gasteiger partial charge is 0.473 e. The SMILES string of the molecule is CC(C)Oc1nc(N)nc2c1ncn2[C@H]1C=C[C@@H](CO)C1. The highest BCUT2D eigenvalue weighted by Crippen LogP contribution is 2.31. The molecule has 21 heavy (non-hydrogen) atoms. The van der Waals surface area contributed by atoms with Crippen LogP contribution in [0.15, 0.2) is 18.5 Å². The van der Waals surface area contributed by atoms with E-state index >= 15 is 0 Å². The van der Waals surface area contributed by atoms with Crippen molar-refractivity contribution in [3.63, 3.8) is 0 Å². The van der Waals surface area contributed by atoms with Gasteiger partial charge in [-0.2, -0.15) is 9.97 Å². The van der Waals surface area contributed by atoms with Crippen LogP contribution in [0.1, 0.15) is 26.3 Å². The molecule has 2 heterocycles. The summed E-state index contributed by atoms with van der Waals surface area (Å²) in [6, 6.07) is 0.119. The van der Waals surface area contributed by atoms with Crippen LogP contribution in [0.4, 0.5) is 5.95 Å². The minimum Gasteiger partial charge on any atom is -0.473 e. The highest BCUT2D eigenvalue weighted by Gasteiger charge is 2.23. The average molecular weight is 289 g/mol. The molecule has 3 N–H and O–H groups in total. The summed E-state index contributed by atoms with van der Waals surface area (Å²) < 4.78 is 7.61. The second-order valence-electron chi connectivity index (χ2n) is 5.51. The summed E-state index contributed by atoms with van der Waals surface area (Å²) in [6.45, 7) is 4.00. The van der Waals surface area contributed by atoms with E-state index in [4.69, 9.17) is 10.5 Å². The first-order valence-corrected chi connectivity index (χ1v) is 7.04. The summed E-state index contributed by atoms with van der Waals surface area (Å²) in [7, 11) is 0. The van der Waals surface area contributed by atoms with Crippen LogP contribution in [0, 0.1) is 5.92 Å². The van der Waals surface area contributed by atoms with E-state index in [-0.39, 0.29) is 30.6 Å². The Bertz CT molecular complexity index is 679. The molecular weight excluding hydrogens is 270 g/mol. The standard InChI is InChI=1S/C14H19N5O2/c1-8(2)21-13-11-12(17-14(15)18-13)19(7-16-11)10-4-3-9(5-10)6-20/h3-4,7-10,20H,5-6H2,1-2H3,(H2,15,17,18)/t9-,10+/m1/s1. The number of hydrogen-bond acceptors (Lipinski definition) is 6. The van der Waals surface area contributed by atoms with Crippen LogP contribution in [0.3, 0.4) is 0 Å². The van der Waals surface area contributed by atoms with Crippen molar-refractivity contribution in [3.05, 3.63) is 18.5 Å². The maximum absolute atomic E-state index is 9.24. The van der Waals surface area contributed by atoms with Gasteiger partial charge in [0.05, 0.1) is 18.5 Å². The minimum absolute atomic E-state index is 0.0159. The lowest BCUT2D eigenvalue weighted by molar-refractivity contribution is 0.235. The Morgan fingerprint density at radius 1 is 1.43 bits per heavy atom. The van der Waals surface area contributed by atoms with Crippen molar-refractivity contribution >= 4 is 17.1 Å². The molecule has 112 valence electrons. The zero-order chi connectivity index (χ0) is 15.0. The molecule has 7 nitrogen and oxygen atoms in total. The van der Waals surface area contributed by atoms with Gasteiger partial charge in [0.1, 0.15) is 0 Å². The van der Waals surface area contributed by atoms with Crippen molar-refractivity contribution in [3.8, 4) is 5.88 Å². The first-order chi connectivity index (χ1) is 10.1. The van der Waals surface area contributed by atoms with Gasteiger partial charge in [0.2, 0.25) is 11.8 Å². The van der Waals surface area contributed by atoms with Crippen LogP contribution in [0.25, 0.3) is 11.2 Å². The summed E-state index contributed by atoms with van der Waals surface area (Å²) in [4.78, 5) is 12.8. The molecule has 0 radical (unpaired) electrons. The fourth-order valence-electron chi connectivity index (χ4n) is 2.55. The van der Waals surface area contributed by atoms with E-state index in [1.807, 2.05) is 24.5 Å². The van der Waals surface area contributed by atoms with E-state index in [0.29, 0.717) is 17.0 Å². The Balaban J connectivity index is 2.02. The molecular formula is C14H19N5O2. The molecule has 0 saturated carbocycles. The molecule has 0 saturated heterocycles. The van der Waals surface area contributed by atoms with Gasteiger partial charge in [-0.05, 0) is 20.3 Å². The Hall–Kier alpha value is -2.15. The van der Waals surface area contributed by atoms with Crippen molar-refractivity contribution in [2.45, 2.75) is 32.4 Å². The Morgan fingerprint density at radius 2 is 2.24 bits per heavy atom. The van der Waals surface area contributed by atoms with Crippen molar-refractivity contribution in [1.29, 1.82) is 0 Å². The third-order valence-corrected chi connectivity index (χ3v) is 3.50. The number of nitrogens with zero attached hydrogens (tertiary/aromatic N) is 4. The normalized spacial score (nSPS) is 21.5. The molecule has 2 atom stereocenters. The van der Waals surface area contributed by atoms with E-state index in [1.54, 1.807) is 6.33 Å². The van der Waals surface area contributed by atoms with Crippen molar-refractivity contribution < 1.29 is 9.84 Å². The van der Waals surface area contributed by atoms with E-state index in [0.717, 1.165) is 6.42 Å². The van der Waals surface area contributed by atoms with Crippen molar-refractivity contribution in [2.75, 3.05) is 12.3 Å². The number of fused-ring (bicyclic) bond motifs is 1. The van der Waals surface area contributed by atoms with Crippen LogP contribution in [0.5, 0.6) is 5.88 Å². The number of allylic oxidation sites excluding steroid dienone is 1. The van der Waals surface area contributed by atoms with Gasteiger partial charge in [0.15, 0.2) is 11.2 Å².